The molecule has 258 valence electrons. The summed E-state index contributed by atoms with van der Waals surface area (Å²) in [6.45, 7) is -1.91. The maximum atomic E-state index is 13.2. The highest BCUT2D eigenvalue weighted by atomic mass is 31.2. The Hall–Kier alpha value is -4.13. The van der Waals surface area contributed by atoms with Gasteiger partial charge in [-0.1, -0.05) is 0 Å². The Labute approximate surface area is 263 Å². The lowest BCUT2D eigenvalue weighted by Gasteiger charge is -2.28. The number of aliphatic hydroxyl groups is 1. The summed E-state index contributed by atoms with van der Waals surface area (Å²) >= 11 is 0. The molecule has 3 saturated heterocycles. The summed E-state index contributed by atoms with van der Waals surface area (Å²) < 4.78 is 60.7. The predicted octanol–water partition coefficient (Wildman–Crippen LogP) is -2.71. The Balaban J connectivity index is 1.21. The molecule has 7 rings (SSSR count). The molecule has 4 aromatic heterocycles. The third kappa shape index (κ3) is 5.59. The lowest BCUT2D eigenvalue weighted by molar-refractivity contribution is -0.147. The number of phosphoric acid groups is 2. The molecule has 0 spiro atoms. The van der Waals surface area contributed by atoms with E-state index in [1.54, 1.807) is 0 Å². The van der Waals surface area contributed by atoms with Gasteiger partial charge in [0.05, 0.1) is 25.9 Å². The molecule has 25 nitrogen and oxygen atoms in total. The van der Waals surface area contributed by atoms with Crippen LogP contribution >= 0.6 is 15.6 Å². The number of rotatable bonds is 3. The minimum atomic E-state index is -5.24. The van der Waals surface area contributed by atoms with E-state index >= 15 is 0 Å². The van der Waals surface area contributed by atoms with Crippen LogP contribution in [0.2, 0.25) is 0 Å². The summed E-state index contributed by atoms with van der Waals surface area (Å²) in [4.78, 5) is 78.6. The van der Waals surface area contributed by atoms with Crippen molar-refractivity contribution in [3.8, 4) is 0 Å². The first-order chi connectivity index (χ1) is 22.6. The van der Waals surface area contributed by atoms with E-state index in [9.17, 15) is 43.5 Å². The molecule has 0 radical (unpaired) electrons. The van der Waals surface area contributed by atoms with E-state index in [1.807, 2.05) is 0 Å². The van der Waals surface area contributed by atoms with Gasteiger partial charge in [0, 0.05) is 0 Å². The van der Waals surface area contributed by atoms with E-state index in [0.717, 1.165) is 21.8 Å². The number of nitrogens with one attached hydrogen (secondary N) is 2. The van der Waals surface area contributed by atoms with Gasteiger partial charge in [-0.15, -0.1) is 0 Å². The van der Waals surface area contributed by atoms with Gasteiger partial charge in [0.2, 0.25) is 11.9 Å². The van der Waals surface area contributed by atoms with Gasteiger partial charge >= 0.3 is 21.6 Å². The second-order valence-electron chi connectivity index (χ2n) is 10.7. The van der Waals surface area contributed by atoms with Crippen molar-refractivity contribution in [3.05, 3.63) is 33.4 Å². The van der Waals surface area contributed by atoms with Gasteiger partial charge in [-0.3, -0.25) is 51.6 Å². The molecule has 27 heteroatoms. The van der Waals surface area contributed by atoms with Crippen molar-refractivity contribution < 1.29 is 61.5 Å². The smallest absolute Gasteiger partial charge is 0.472 e. The van der Waals surface area contributed by atoms with Crippen LogP contribution in [0.3, 0.4) is 0 Å². The molecule has 0 saturated carbocycles. The number of fused-ring (bicyclic) bond motifs is 4. The lowest BCUT2D eigenvalue weighted by Crippen LogP contribution is -2.39. The number of hydrogen-bond donors (Lipinski definition) is 8. The normalized spacial score (nSPS) is 36.0. The first-order valence-corrected chi connectivity index (χ1v) is 16.6. The molecule has 4 aromatic rings. The Morgan fingerprint density at radius 3 is 1.81 bits per heavy atom. The van der Waals surface area contributed by atoms with Crippen molar-refractivity contribution in [2.45, 2.75) is 43.0 Å². The van der Waals surface area contributed by atoms with Gasteiger partial charge < -0.3 is 40.9 Å². The number of ether oxygens (including phenoxy) is 2. The van der Waals surface area contributed by atoms with Gasteiger partial charge in [0.15, 0.2) is 34.8 Å². The molecule has 7 heterocycles. The van der Waals surface area contributed by atoms with E-state index in [4.69, 9.17) is 39.0 Å². The van der Waals surface area contributed by atoms with Crippen molar-refractivity contribution in [2.24, 2.45) is 5.92 Å². The molecule has 0 amide bonds. The number of aliphatic carboxylic acids is 1. The number of phosphoric ester groups is 2. The zero-order valence-electron chi connectivity index (χ0n) is 23.7. The van der Waals surface area contributed by atoms with Crippen LogP contribution in [0, 0.1) is 5.92 Å². The summed E-state index contributed by atoms with van der Waals surface area (Å²) in [6, 6.07) is 0. The summed E-state index contributed by atoms with van der Waals surface area (Å²) in [7, 11) is -10.4. The lowest BCUT2D eigenvalue weighted by atomic mass is 10.00. The average Bonchev–Trinajstić information content (AvgIpc) is 3.75. The number of aliphatic hydroxyl groups excluding tert-OH is 1. The van der Waals surface area contributed by atoms with Crippen LogP contribution in [-0.4, -0.2) is 109 Å². The van der Waals surface area contributed by atoms with E-state index in [-0.39, 0.29) is 34.2 Å². The Morgan fingerprint density at radius 1 is 0.833 bits per heavy atom. The highest BCUT2D eigenvalue weighted by Crippen LogP contribution is 2.54. The SMILES string of the molecule is Nc1nc2c(ncn2[C@@H]2O[C@@H]3COP(=O)(O)O[C@@H]4[C@H](O)[C@@H](n5cnc6c(=O)[nH]c(N)nc65)O[C@H]4COP(=O)(O)O[C@H]3[C@H]2C(=O)O)c(=O)[nH]1. The molecule has 0 aromatic carbocycles. The van der Waals surface area contributed by atoms with Crippen LogP contribution < -0.4 is 22.6 Å². The molecule has 10 atom stereocenters. The number of carbonyl (C=O) groups is 1. The number of aromatic amines is 2. The van der Waals surface area contributed by atoms with Crippen LogP contribution in [0.4, 0.5) is 11.9 Å². The fourth-order valence-corrected chi connectivity index (χ4v) is 7.61. The third-order valence-electron chi connectivity index (χ3n) is 7.70. The molecule has 48 heavy (non-hydrogen) atoms. The summed E-state index contributed by atoms with van der Waals surface area (Å²) in [5.41, 5.74) is 8.98. The van der Waals surface area contributed by atoms with E-state index in [1.165, 1.54) is 0 Å². The minimum absolute atomic E-state index is 0.148. The van der Waals surface area contributed by atoms with Crippen LogP contribution in [0.15, 0.2) is 22.2 Å². The van der Waals surface area contributed by atoms with Crippen LogP contribution in [-0.2, 0) is 41.5 Å². The number of H-pyrrole nitrogens is 2. The predicted molar refractivity (Wildman–Crippen MR) is 151 cm³/mol. The number of imidazole rings is 2. The standard InChI is InChI=1S/C21H24N10O15P2/c22-20-26-13-8(15(33)28-20)24-3-30(13)17-7(19(35)36)11-5(43-17)1-41-48(39,40)46-12-6(2-42-47(37,38)45-11)44-18(10(12)32)31-4-25-9-14(31)27-21(23)29-16(9)34/h3-7,10-12,17-18,32H,1-2H2,(H,35,36)(H,37,38)(H,39,40)(H3,22,26,28,33)(H3,23,27,29,34)/t5-,6+,7-,10+,11-,12+,17-,18+/m1/s1. The number of carboxylic acids is 1. The Bertz CT molecular complexity index is 2150. The molecule has 2 unspecified atom stereocenters. The first kappa shape index (κ1) is 32.4. The molecular formula is C21H24N10O15P2. The van der Waals surface area contributed by atoms with Crippen molar-refractivity contribution in [1.82, 2.24) is 39.0 Å². The Kier molecular flexibility index (Phi) is 7.76. The largest absolute Gasteiger partial charge is 0.481 e. The highest BCUT2D eigenvalue weighted by molar-refractivity contribution is 7.47. The van der Waals surface area contributed by atoms with Crippen molar-refractivity contribution in [2.75, 3.05) is 24.7 Å². The number of nitrogen functional groups attached to an aromatic ring is 2. The monoisotopic (exact) mass is 718 g/mol. The van der Waals surface area contributed by atoms with Gasteiger partial charge in [-0.2, -0.15) is 9.97 Å². The maximum Gasteiger partial charge on any atom is 0.472 e. The first-order valence-electron chi connectivity index (χ1n) is 13.6. The highest BCUT2D eigenvalue weighted by Gasteiger charge is 2.56. The van der Waals surface area contributed by atoms with Crippen molar-refractivity contribution in [1.29, 1.82) is 0 Å². The van der Waals surface area contributed by atoms with Crippen LogP contribution in [0.1, 0.15) is 12.5 Å². The second kappa shape index (κ2) is 11.5. The maximum absolute atomic E-state index is 13.2. The number of carboxylic acid groups (broad SMARTS) is 1. The van der Waals surface area contributed by atoms with Crippen LogP contribution in [0.5, 0.6) is 0 Å². The minimum Gasteiger partial charge on any atom is -0.481 e. The zero-order chi connectivity index (χ0) is 34.3. The van der Waals surface area contributed by atoms with Gasteiger partial charge in [0.1, 0.15) is 36.4 Å². The van der Waals surface area contributed by atoms with E-state index in [0.29, 0.717) is 0 Å². The quantitative estimate of drug-likeness (QED) is 0.0998. The number of hydrogen-bond acceptors (Lipinski definition) is 18. The zero-order valence-corrected chi connectivity index (χ0v) is 25.5. The molecule has 3 fully saturated rings. The summed E-state index contributed by atoms with van der Waals surface area (Å²) in [6.07, 6.45) is -9.86. The topological polar surface area (TPSA) is 367 Å². The van der Waals surface area contributed by atoms with Crippen molar-refractivity contribution >= 4 is 55.8 Å². The molecular weight excluding hydrogens is 694 g/mol. The van der Waals surface area contributed by atoms with Crippen LogP contribution in [0.25, 0.3) is 22.3 Å². The Morgan fingerprint density at radius 2 is 1.29 bits per heavy atom. The van der Waals surface area contributed by atoms with Crippen molar-refractivity contribution in [3.63, 3.8) is 0 Å². The number of anilines is 2. The van der Waals surface area contributed by atoms with E-state index in [2.05, 4.69) is 29.9 Å². The summed E-state index contributed by atoms with van der Waals surface area (Å²) in [5, 5.41) is 21.3. The number of nitrogens with zero attached hydrogens (tertiary/aromatic N) is 6. The fraction of sp³-hybridized carbons (Fsp3) is 0.476. The van der Waals surface area contributed by atoms with Gasteiger partial charge in [0.25, 0.3) is 11.1 Å². The third-order valence-corrected chi connectivity index (χ3v) is 9.67. The number of nitrogens with two attached hydrogens (primary N) is 2. The molecule has 0 bridgehead atoms. The number of aromatic nitrogens is 8. The second-order valence-corrected chi connectivity index (χ2v) is 13.5. The van der Waals surface area contributed by atoms with Gasteiger partial charge in [-0.05, 0) is 0 Å². The molecule has 10 N–H and O–H groups in total. The average molecular weight is 718 g/mol. The van der Waals surface area contributed by atoms with Gasteiger partial charge in [-0.25, -0.2) is 19.1 Å². The molecule has 0 aliphatic carbocycles. The van der Waals surface area contributed by atoms with E-state index < -0.39 is 94.8 Å². The fourth-order valence-electron chi connectivity index (χ4n) is 5.68. The molecule has 3 aliphatic heterocycles. The molecule has 3 aliphatic rings. The summed E-state index contributed by atoms with van der Waals surface area (Å²) in [5.74, 6) is -4.13.